The van der Waals surface area contributed by atoms with Crippen LogP contribution < -0.4 is 4.74 Å². The van der Waals surface area contributed by atoms with Gasteiger partial charge in [0.1, 0.15) is 0 Å². The Bertz CT molecular complexity index is 662. The number of carbonyl (C=O) groups is 2. The molecular formula is C15H16BrNO5S. The minimum absolute atomic E-state index is 0.0706. The van der Waals surface area contributed by atoms with Crippen LogP contribution in [0.4, 0.5) is 4.79 Å². The standard InChI is InChI=1S/C15H16BrNO5S/c1-3-22-11-8-10(16)6-9(13(11)18)7-12-14(19)17(4-5-21-2)15(20)23-12/h6-8,18H,3-5H2,1-2H3/b12-7+. The number of amides is 2. The van der Waals surface area contributed by atoms with Gasteiger partial charge < -0.3 is 14.6 Å². The van der Waals surface area contributed by atoms with E-state index < -0.39 is 5.91 Å². The molecule has 0 spiro atoms. The van der Waals surface area contributed by atoms with Gasteiger partial charge in [-0.25, -0.2) is 0 Å². The number of rotatable bonds is 6. The van der Waals surface area contributed by atoms with Crippen LogP contribution in [0, 0.1) is 0 Å². The van der Waals surface area contributed by atoms with Crippen LogP contribution >= 0.6 is 27.7 Å². The Morgan fingerprint density at radius 1 is 1.39 bits per heavy atom. The average Bonchev–Trinajstić information content (AvgIpc) is 2.76. The Morgan fingerprint density at radius 2 is 2.13 bits per heavy atom. The third-order valence-electron chi connectivity index (χ3n) is 3.05. The summed E-state index contributed by atoms with van der Waals surface area (Å²) in [6.07, 6.45) is 1.49. The van der Waals surface area contributed by atoms with Gasteiger partial charge in [-0.1, -0.05) is 15.9 Å². The lowest BCUT2D eigenvalue weighted by molar-refractivity contribution is -0.123. The summed E-state index contributed by atoms with van der Waals surface area (Å²) in [4.78, 5) is 25.5. The number of imide groups is 1. The molecule has 1 fully saturated rings. The maximum absolute atomic E-state index is 12.3. The van der Waals surface area contributed by atoms with Gasteiger partial charge in [0.15, 0.2) is 11.5 Å². The number of halogens is 1. The Labute approximate surface area is 146 Å². The zero-order chi connectivity index (χ0) is 17.0. The number of phenolic OH excluding ortho intramolecular Hbond substituents is 1. The topological polar surface area (TPSA) is 76.1 Å². The molecule has 1 aliphatic rings. The maximum Gasteiger partial charge on any atom is 0.293 e. The summed E-state index contributed by atoms with van der Waals surface area (Å²) in [5, 5.41) is 9.89. The van der Waals surface area contributed by atoms with Crippen LogP contribution in [0.3, 0.4) is 0 Å². The van der Waals surface area contributed by atoms with E-state index in [0.29, 0.717) is 22.4 Å². The molecule has 0 unspecified atom stereocenters. The number of ether oxygens (including phenoxy) is 2. The second-order valence-corrected chi connectivity index (χ2v) is 6.51. The highest BCUT2D eigenvalue weighted by atomic mass is 79.9. The molecule has 124 valence electrons. The molecule has 8 heteroatoms. The summed E-state index contributed by atoms with van der Waals surface area (Å²) in [7, 11) is 1.50. The van der Waals surface area contributed by atoms with E-state index in [2.05, 4.69) is 15.9 Å². The van der Waals surface area contributed by atoms with Crippen molar-refractivity contribution in [3.63, 3.8) is 0 Å². The van der Waals surface area contributed by atoms with Gasteiger partial charge in [0, 0.05) is 17.1 Å². The Morgan fingerprint density at radius 3 is 2.78 bits per heavy atom. The van der Waals surface area contributed by atoms with Crippen LogP contribution in [0.5, 0.6) is 11.5 Å². The number of thioether (sulfide) groups is 1. The van der Waals surface area contributed by atoms with E-state index in [1.807, 2.05) is 0 Å². The fraction of sp³-hybridized carbons (Fsp3) is 0.333. The second kappa shape index (κ2) is 7.85. The first-order chi connectivity index (χ1) is 11.0. The van der Waals surface area contributed by atoms with Gasteiger partial charge in [-0.05, 0) is 36.9 Å². The number of aromatic hydroxyl groups is 1. The zero-order valence-corrected chi connectivity index (χ0v) is 15.1. The fourth-order valence-corrected chi connectivity index (χ4v) is 3.30. The van der Waals surface area contributed by atoms with E-state index in [-0.39, 0.29) is 29.0 Å². The van der Waals surface area contributed by atoms with Crippen LogP contribution in [0.1, 0.15) is 12.5 Å². The van der Waals surface area contributed by atoms with Crippen molar-refractivity contribution in [3.05, 3.63) is 27.1 Å². The number of phenols is 1. The Kier molecular flexibility index (Phi) is 6.09. The molecule has 1 N–H and O–H groups in total. The summed E-state index contributed by atoms with van der Waals surface area (Å²) < 4.78 is 10.9. The van der Waals surface area contributed by atoms with Crippen molar-refractivity contribution in [2.75, 3.05) is 26.9 Å². The lowest BCUT2D eigenvalue weighted by Crippen LogP contribution is -2.31. The van der Waals surface area contributed by atoms with E-state index in [9.17, 15) is 14.7 Å². The van der Waals surface area contributed by atoms with Gasteiger partial charge in [-0.3, -0.25) is 14.5 Å². The molecule has 2 amide bonds. The Hall–Kier alpha value is -1.51. The normalized spacial score (nSPS) is 16.5. The molecule has 0 radical (unpaired) electrons. The van der Waals surface area contributed by atoms with Crippen molar-refractivity contribution in [1.29, 1.82) is 0 Å². The fourth-order valence-electron chi connectivity index (χ4n) is 1.99. The van der Waals surface area contributed by atoms with Gasteiger partial charge >= 0.3 is 0 Å². The van der Waals surface area contributed by atoms with Crippen molar-refractivity contribution >= 4 is 44.9 Å². The summed E-state index contributed by atoms with van der Waals surface area (Å²) in [5.74, 6) is -0.153. The number of carbonyl (C=O) groups excluding carboxylic acids is 2. The molecule has 1 heterocycles. The molecule has 2 rings (SSSR count). The van der Waals surface area contributed by atoms with E-state index in [1.165, 1.54) is 13.2 Å². The van der Waals surface area contributed by atoms with Gasteiger partial charge in [0.05, 0.1) is 24.7 Å². The molecule has 1 aromatic carbocycles. The molecule has 0 aliphatic carbocycles. The van der Waals surface area contributed by atoms with Crippen LogP contribution in [0.15, 0.2) is 21.5 Å². The third kappa shape index (κ3) is 4.07. The van der Waals surface area contributed by atoms with Crippen LogP contribution in [-0.2, 0) is 9.53 Å². The first-order valence-corrected chi connectivity index (χ1v) is 8.48. The van der Waals surface area contributed by atoms with Gasteiger partial charge in [-0.2, -0.15) is 0 Å². The van der Waals surface area contributed by atoms with Gasteiger partial charge in [0.2, 0.25) is 0 Å². The molecule has 0 aromatic heterocycles. The van der Waals surface area contributed by atoms with Gasteiger partial charge in [-0.15, -0.1) is 0 Å². The molecule has 0 bridgehead atoms. The van der Waals surface area contributed by atoms with E-state index >= 15 is 0 Å². The highest BCUT2D eigenvalue weighted by Gasteiger charge is 2.34. The van der Waals surface area contributed by atoms with Crippen molar-refractivity contribution < 1.29 is 24.2 Å². The van der Waals surface area contributed by atoms with Crippen LogP contribution in [0.25, 0.3) is 6.08 Å². The molecular weight excluding hydrogens is 386 g/mol. The largest absolute Gasteiger partial charge is 0.504 e. The van der Waals surface area contributed by atoms with Crippen molar-refractivity contribution in [2.45, 2.75) is 6.92 Å². The molecule has 1 aromatic rings. The lowest BCUT2D eigenvalue weighted by atomic mass is 10.1. The SMILES string of the molecule is CCOc1cc(Br)cc(/C=C2/SC(=O)N(CCOC)C2=O)c1O. The summed E-state index contributed by atoms with van der Waals surface area (Å²) in [6, 6.07) is 3.29. The first-order valence-electron chi connectivity index (χ1n) is 6.87. The number of hydrogen-bond acceptors (Lipinski definition) is 6. The molecule has 23 heavy (non-hydrogen) atoms. The van der Waals surface area contributed by atoms with Gasteiger partial charge in [0.25, 0.3) is 11.1 Å². The predicted octanol–water partition coefficient (Wildman–Crippen LogP) is 3.24. The summed E-state index contributed by atoms with van der Waals surface area (Å²) in [6.45, 7) is 2.69. The van der Waals surface area contributed by atoms with Crippen molar-refractivity contribution in [1.82, 2.24) is 4.90 Å². The second-order valence-electron chi connectivity index (χ2n) is 4.60. The first kappa shape index (κ1) is 17.8. The number of hydrogen-bond donors (Lipinski definition) is 1. The highest BCUT2D eigenvalue weighted by Crippen LogP contribution is 2.38. The van der Waals surface area contributed by atoms with Crippen molar-refractivity contribution in [2.24, 2.45) is 0 Å². The number of benzene rings is 1. The molecule has 6 nitrogen and oxygen atoms in total. The maximum atomic E-state index is 12.3. The van der Waals surface area contributed by atoms with Crippen LogP contribution in [-0.4, -0.2) is 48.0 Å². The molecule has 1 aliphatic heterocycles. The third-order valence-corrected chi connectivity index (χ3v) is 4.41. The number of methoxy groups -OCH3 is 1. The zero-order valence-electron chi connectivity index (χ0n) is 12.7. The monoisotopic (exact) mass is 401 g/mol. The van der Waals surface area contributed by atoms with E-state index in [1.54, 1.807) is 19.1 Å². The smallest absolute Gasteiger partial charge is 0.293 e. The average molecular weight is 402 g/mol. The minimum atomic E-state index is -0.394. The summed E-state index contributed by atoms with van der Waals surface area (Å²) >= 11 is 4.17. The summed E-state index contributed by atoms with van der Waals surface area (Å²) in [5.41, 5.74) is 0.403. The predicted molar refractivity (Wildman–Crippen MR) is 91.5 cm³/mol. The highest BCUT2D eigenvalue weighted by molar-refractivity contribution is 9.10. The van der Waals surface area contributed by atoms with Crippen molar-refractivity contribution in [3.8, 4) is 11.5 Å². The molecule has 1 saturated heterocycles. The number of nitrogens with zero attached hydrogens (tertiary/aromatic N) is 1. The van der Waals surface area contributed by atoms with E-state index in [0.717, 1.165) is 16.7 Å². The lowest BCUT2D eigenvalue weighted by Gasteiger charge is -2.11. The molecule has 0 atom stereocenters. The van der Waals surface area contributed by atoms with E-state index in [4.69, 9.17) is 9.47 Å². The Balaban J connectivity index is 2.32. The molecule has 0 saturated carbocycles. The minimum Gasteiger partial charge on any atom is -0.504 e. The quantitative estimate of drug-likeness (QED) is 0.737. The van der Waals surface area contributed by atoms with Crippen LogP contribution in [0.2, 0.25) is 0 Å².